The van der Waals surface area contributed by atoms with Gasteiger partial charge in [0.1, 0.15) is 0 Å². The second-order valence-corrected chi connectivity index (χ2v) is 3.19. The lowest BCUT2D eigenvalue weighted by atomic mass is 9.98. The van der Waals surface area contributed by atoms with E-state index in [1.54, 1.807) is 0 Å². The monoisotopic (exact) mass is 176 g/mol. The highest BCUT2D eigenvalue weighted by molar-refractivity contribution is 5.50. The van der Waals surface area contributed by atoms with Crippen molar-refractivity contribution in [2.45, 2.75) is 19.4 Å². The van der Waals surface area contributed by atoms with Crippen LogP contribution in [0.5, 0.6) is 0 Å². The molecule has 0 saturated heterocycles. The van der Waals surface area contributed by atoms with E-state index in [0.717, 1.165) is 23.2 Å². The van der Waals surface area contributed by atoms with Crippen LogP contribution in [0.25, 0.3) is 0 Å². The van der Waals surface area contributed by atoms with Crippen molar-refractivity contribution in [2.24, 2.45) is 5.73 Å². The number of benzene rings is 1. The summed E-state index contributed by atoms with van der Waals surface area (Å²) in [6.07, 6.45) is 2.61. The molecule has 1 rings (SSSR count). The van der Waals surface area contributed by atoms with E-state index in [2.05, 4.69) is 6.58 Å². The summed E-state index contributed by atoms with van der Waals surface area (Å²) < 4.78 is 0. The van der Waals surface area contributed by atoms with Gasteiger partial charge in [0.15, 0.2) is 0 Å². The summed E-state index contributed by atoms with van der Waals surface area (Å²) in [4.78, 5) is 0. The molecule has 1 aromatic carbocycles. The van der Waals surface area contributed by atoms with E-state index in [9.17, 15) is 0 Å². The van der Waals surface area contributed by atoms with E-state index in [1.807, 2.05) is 31.2 Å². The first-order valence-electron chi connectivity index (χ1n) is 4.38. The summed E-state index contributed by atoms with van der Waals surface area (Å²) in [7, 11) is 0. The highest BCUT2D eigenvalue weighted by atomic mass is 14.6. The molecular formula is C11H16N2. The van der Waals surface area contributed by atoms with Crippen molar-refractivity contribution >= 4 is 5.69 Å². The van der Waals surface area contributed by atoms with Crippen LogP contribution in [0.4, 0.5) is 5.69 Å². The first-order chi connectivity index (χ1) is 6.16. The summed E-state index contributed by atoms with van der Waals surface area (Å²) in [5, 5.41) is 0. The first-order valence-corrected chi connectivity index (χ1v) is 4.38. The lowest BCUT2D eigenvalue weighted by molar-refractivity contribution is 0.736. The predicted molar refractivity (Wildman–Crippen MR) is 57.3 cm³/mol. The van der Waals surface area contributed by atoms with Gasteiger partial charge in [-0.05, 0) is 30.5 Å². The molecule has 0 aromatic heterocycles. The number of nitrogen functional groups attached to an aromatic ring is 1. The topological polar surface area (TPSA) is 52.0 Å². The normalized spacial score (nSPS) is 12.5. The van der Waals surface area contributed by atoms with Gasteiger partial charge in [-0.15, -0.1) is 6.58 Å². The Morgan fingerprint density at radius 1 is 1.54 bits per heavy atom. The van der Waals surface area contributed by atoms with Gasteiger partial charge in [0.2, 0.25) is 0 Å². The Labute approximate surface area is 79.2 Å². The fourth-order valence-electron chi connectivity index (χ4n) is 1.38. The molecule has 0 aliphatic heterocycles. The van der Waals surface area contributed by atoms with E-state index >= 15 is 0 Å². The zero-order chi connectivity index (χ0) is 9.84. The lowest BCUT2D eigenvalue weighted by Crippen LogP contribution is -2.11. The van der Waals surface area contributed by atoms with Gasteiger partial charge in [-0.25, -0.2) is 0 Å². The Kier molecular flexibility index (Phi) is 3.09. The van der Waals surface area contributed by atoms with Crippen LogP contribution in [0.1, 0.15) is 23.6 Å². The third-order valence-corrected chi connectivity index (χ3v) is 2.24. The molecule has 0 amide bonds. The van der Waals surface area contributed by atoms with E-state index in [0.29, 0.717) is 0 Å². The molecule has 2 nitrogen and oxygen atoms in total. The van der Waals surface area contributed by atoms with Crippen LogP contribution < -0.4 is 11.5 Å². The van der Waals surface area contributed by atoms with Crippen molar-refractivity contribution < 1.29 is 0 Å². The van der Waals surface area contributed by atoms with Gasteiger partial charge in [0, 0.05) is 11.7 Å². The lowest BCUT2D eigenvalue weighted by Gasteiger charge is -2.13. The third kappa shape index (κ3) is 2.10. The molecule has 2 heteroatoms. The number of anilines is 1. The minimum atomic E-state index is 0.0148. The van der Waals surface area contributed by atoms with Crippen LogP contribution in [0.15, 0.2) is 30.9 Å². The van der Waals surface area contributed by atoms with Crippen LogP contribution in [0, 0.1) is 6.92 Å². The Morgan fingerprint density at radius 3 is 2.85 bits per heavy atom. The molecular weight excluding hydrogens is 160 g/mol. The molecule has 1 atom stereocenters. The average Bonchev–Trinajstić information content (AvgIpc) is 2.10. The molecule has 1 aromatic rings. The SMILES string of the molecule is C=CCC(N)c1cccc(N)c1C. The molecule has 0 fully saturated rings. The largest absolute Gasteiger partial charge is 0.399 e. The predicted octanol–water partition coefficient (Wildman–Crippen LogP) is 2.15. The number of hydrogen-bond acceptors (Lipinski definition) is 2. The molecule has 0 aliphatic carbocycles. The average molecular weight is 176 g/mol. The standard InChI is InChI=1S/C11H16N2/c1-3-5-11(13)9-6-4-7-10(12)8(9)2/h3-4,6-7,11H,1,5,12-13H2,2H3. The maximum atomic E-state index is 5.95. The summed E-state index contributed by atoms with van der Waals surface area (Å²) in [5.74, 6) is 0. The molecule has 70 valence electrons. The fraction of sp³-hybridized carbons (Fsp3) is 0.273. The van der Waals surface area contributed by atoms with E-state index < -0.39 is 0 Å². The molecule has 0 bridgehead atoms. The number of hydrogen-bond donors (Lipinski definition) is 2. The smallest absolute Gasteiger partial charge is 0.0347 e. The summed E-state index contributed by atoms with van der Waals surface area (Å²) in [6.45, 7) is 5.66. The molecule has 13 heavy (non-hydrogen) atoms. The minimum absolute atomic E-state index is 0.0148. The van der Waals surface area contributed by atoms with Crippen molar-refractivity contribution in [2.75, 3.05) is 5.73 Å². The second-order valence-electron chi connectivity index (χ2n) is 3.19. The summed E-state index contributed by atoms with van der Waals surface area (Å²) >= 11 is 0. The Morgan fingerprint density at radius 2 is 2.23 bits per heavy atom. The van der Waals surface area contributed by atoms with Crippen molar-refractivity contribution in [1.82, 2.24) is 0 Å². The molecule has 0 saturated carbocycles. The summed E-state index contributed by atoms with van der Waals surface area (Å²) in [5.41, 5.74) is 14.7. The maximum Gasteiger partial charge on any atom is 0.0347 e. The Hall–Kier alpha value is -1.28. The summed E-state index contributed by atoms with van der Waals surface area (Å²) in [6, 6.07) is 5.85. The van der Waals surface area contributed by atoms with Crippen molar-refractivity contribution in [3.05, 3.63) is 42.0 Å². The highest BCUT2D eigenvalue weighted by Gasteiger charge is 2.07. The molecule has 0 heterocycles. The number of nitrogens with two attached hydrogens (primary N) is 2. The van der Waals surface area contributed by atoms with Crippen LogP contribution in [0.2, 0.25) is 0 Å². The van der Waals surface area contributed by atoms with Gasteiger partial charge in [0.05, 0.1) is 0 Å². The van der Waals surface area contributed by atoms with Crippen molar-refractivity contribution in [3.63, 3.8) is 0 Å². The van der Waals surface area contributed by atoms with Crippen LogP contribution in [-0.4, -0.2) is 0 Å². The van der Waals surface area contributed by atoms with Crippen LogP contribution in [0.3, 0.4) is 0 Å². The van der Waals surface area contributed by atoms with Gasteiger partial charge < -0.3 is 11.5 Å². The quantitative estimate of drug-likeness (QED) is 0.547. The maximum absolute atomic E-state index is 5.95. The van der Waals surface area contributed by atoms with E-state index in [4.69, 9.17) is 11.5 Å². The van der Waals surface area contributed by atoms with Gasteiger partial charge in [-0.1, -0.05) is 18.2 Å². The second kappa shape index (κ2) is 4.10. The molecule has 0 radical (unpaired) electrons. The molecule has 4 N–H and O–H groups in total. The number of rotatable bonds is 3. The molecule has 0 spiro atoms. The van der Waals surface area contributed by atoms with E-state index in [1.165, 1.54) is 0 Å². The van der Waals surface area contributed by atoms with Gasteiger partial charge in [-0.3, -0.25) is 0 Å². The van der Waals surface area contributed by atoms with E-state index in [-0.39, 0.29) is 6.04 Å². The Balaban J connectivity index is 3.00. The van der Waals surface area contributed by atoms with Crippen LogP contribution in [-0.2, 0) is 0 Å². The van der Waals surface area contributed by atoms with Crippen molar-refractivity contribution in [1.29, 1.82) is 0 Å². The molecule has 0 aliphatic rings. The fourth-order valence-corrected chi connectivity index (χ4v) is 1.38. The highest BCUT2D eigenvalue weighted by Crippen LogP contribution is 2.22. The zero-order valence-electron chi connectivity index (χ0n) is 7.96. The first kappa shape index (κ1) is 9.81. The van der Waals surface area contributed by atoms with Gasteiger partial charge >= 0.3 is 0 Å². The zero-order valence-corrected chi connectivity index (χ0v) is 7.96. The molecule has 1 unspecified atom stereocenters. The minimum Gasteiger partial charge on any atom is -0.399 e. The van der Waals surface area contributed by atoms with Gasteiger partial charge in [-0.2, -0.15) is 0 Å². The van der Waals surface area contributed by atoms with Gasteiger partial charge in [0.25, 0.3) is 0 Å². The van der Waals surface area contributed by atoms with Crippen LogP contribution >= 0.6 is 0 Å². The third-order valence-electron chi connectivity index (χ3n) is 2.24. The Bertz CT molecular complexity index is 305. The van der Waals surface area contributed by atoms with Crippen molar-refractivity contribution in [3.8, 4) is 0 Å².